The maximum atomic E-state index is 12.7. The summed E-state index contributed by atoms with van der Waals surface area (Å²) in [6, 6.07) is 7.29. The summed E-state index contributed by atoms with van der Waals surface area (Å²) in [5, 5.41) is 17.7. The smallest absolute Gasteiger partial charge is 0.450 e. The van der Waals surface area contributed by atoms with E-state index >= 15 is 0 Å². The SMILES string of the molecule is OC(O)(c1ncc(/C=C/c2cccc(OCCN3CCOCC3)c2)s1)C(F)(F)F. The molecule has 0 aliphatic carbocycles. The Kier molecular flexibility index (Phi) is 6.91. The van der Waals surface area contributed by atoms with Crippen LogP contribution in [0.1, 0.15) is 15.4 Å². The zero-order chi connectivity index (χ0) is 20.9. The molecule has 0 unspecified atom stereocenters. The van der Waals surface area contributed by atoms with Crippen LogP contribution >= 0.6 is 11.3 Å². The Balaban J connectivity index is 1.58. The molecule has 0 radical (unpaired) electrons. The molecule has 1 aliphatic heterocycles. The van der Waals surface area contributed by atoms with E-state index in [-0.39, 0.29) is 0 Å². The molecule has 10 heteroatoms. The number of aliphatic hydroxyl groups is 2. The molecule has 0 bridgehead atoms. The molecule has 158 valence electrons. The second kappa shape index (κ2) is 9.23. The fourth-order valence-corrected chi connectivity index (χ4v) is 3.48. The molecule has 1 saturated heterocycles. The maximum absolute atomic E-state index is 12.7. The lowest BCUT2D eigenvalue weighted by Crippen LogP contribution is -2.41. The van der Waals surface area contributed by atoms with Crippen LogP contribution in [-0.4, -0.2) is 65.7 Å². The third kappa shape index (κ3) is 5.77. The number of alkyl halides is 3. The summed E-state index contributed by atoms with van der Waals surface area (Å²) < 4.78 is 49.1. The molecule has 1 aromatic heterocycles. The Bertz CT molecular complexity index is 833. The molecule has 0 spiro atoms. The maximum Gasteiger partial charge on any atom is 0.450 e. The van der Waals surface area contributed by atoms with Gasteiger partial charge in [-0.15, -0.1) is 11.3 Å². The highest BCUT2D eigenvalue weighted by molar-refractivity contribution is 7.12. The van der Waals surface area contributed by atoms with E-state index in [4.69, 9.17) is 9.47 Å². The minimum atomic E-state index is -5.22. The van der Waals surface area contributed by atoms with Crippen LogP contribution in [0.2, 0.25) is 0 Å². The van der Waals surface area contributed by atoms with Gasteiger partial charge in [0, 0.05) is 30.7 Å². The normalized spacial score (nSPS) is 16.4. The van der Waals surface area contributed by atoms with Gasteiger partial charge >= 0.3 is 12.0 Å². The average molecular weight is 430 g/mol. The number of ether oxygens (including phenoxy) is 2. The van der Waals surface area contributed by atoms with Gasteiger partial charge in [-0.25, -0.2) is 4.98 Å². The topological polar surface area (TPSA) is 75.0 Å². The molecule has 2 aromatic rings. The van der Waals surface area contributed by atoms with Crippen molar-refractivity contribution < 1.29 is 32.9 Å². The number of hydrogen-bond donors (Lipinski definition) is 2. The van der Waals surface area contributed by atoms with Gasteiger partial charge in [0.1, 0.15) is 12.4 Å². The van der Waals surface area contributed by atoms with Crippen LogP contribution in [0.15, 0.2) is 30.5 Å². The summed E-state index contributed by atoms with van der Waals surface area (Å²) in [4.78, 5) is 6.10. The van der Waals surface area contributed by atoms with Crippen LogP contribution in [0.5, 0.6) is 5.75 Å². The summed E-state index contributed by atoms with van der Waals surface area (Å²) >= 11 is 0.555. The van der Waals surface area contributed by atoms with Crippen molar-refractivity contribution in [3.05, 3.63) is 45.9 Å². The van der Waals surface area contributed by atoms with E-state index in [1.54, 1.807) is 12.2 Å². The van der Waals surface area contributed by atoms with Crippen molar-refractivity contribution in [2.45, 2.75) is 12.0 Å². The zero-order valence-corrected chi connectivity index (χ0v) is 16.2. The third-order valence-corrected chi connectivity index (χ3v) is 5.36. The van der Waals surface area contributed by atoms with Gasteiger partial charge in [-0.2, -0.15) is 13.2 Å². The molecule has 1 aromatic carbocycles. The monoisotopic (exact) mass is 430 g/mol. The Morgan fingerprint density at radius 2 is 1.97 bits per heavy atom. The number of rotatable bonds is 7. The molecular formula is C19H21F3N2O4S. The van der Waals surface area contributed by atoms with E-state index in [1.807, 2.05) is 24.3 Å². The fourth-order valence-electron chi connectivity index (χ4n) is 2.65. The van der Waals surface area contributed by atoms with Crippen LogP contribution in [0.4, 0.5) is 13.2 Å². The molecule has 0 atom stereocenters. The van der Waals surface area contributed by atoms with Gasteiger partial charge in [-0.05, 0) is 23.8 Å². The predicted octanol–water partition coefficient (Wildman–Crippen LogP) is 2.72. The first-order chi connectivity index (χ1) is 13.8. The molecule has 0 amide bonds. The summed E-state index contributed by atoms with van der Waals surface area (Å²) in [6.45, 7) is 4.58. The largest absolute Gasteiger partial charge is 0.492 e. The highest BCUT2D eigenvalue weighted by atomic mass is 32.1. The van der Waals surface area contributed by atoms with Crippen molar-refractivity contribution in [2.75, 3.05) is 39.5 Å². The predicted molar refractivity (Wildman–Crippen MR) is 102 cm³/mol. The van der Waals surface area contributed by atoms with Crippen LogP contribution in [0.3, 0.4) is 0 Å². The van der Waals surface area contributed by atoms with Crippen LogP contribution in [-0.2, 0) is 10.5 Å². The Hall–Kier alpha value is -1.98. The van der Waals surface area contributed by atoms with E-state index in [0.29, 0.717) is 28.6 Å². The quantitative estimate of drug-likeness (QED) is 0.658. The van der Waals surface area contributed by atoms with Gasteiger partial charge < -0.3 is 19.7 Å². The van der Waals surface area contributed by atoms with Crippen LogP contribution in [0.25, 0.3) is 12.2 Å². The number of nitrogens with zero attached hydrogens (tertiary/aromatic N) is 2. The van der Waals surface area contributed by atoms with Gasteiger partial charge in [-0.3, -0.25) is 4.90 Å². The molecule has 0 saturated carbocycles. The number of halogens is 3. The van der Waals surface area contributed by atoms with Gasteiger partial charge in [0.15, 0.2) is 5.01 Å². The van der Waals surface area contributed by atoms with Crippen LogP contribution < -0.4 is 4.74 Å². The molecule has 2 heterocycles. The van der Waals surface area contributed by atoms with Gasteiger partial charge in [0.2, 0.25) is 0 Å². The van der Waals surface area contributed by atoms with Gasteiger partial charge in [-0.1, -0.05) is 18.2 Å². The molecule has 6 nitrogen and oxygen atoms in total. The number of morpholine rings is 1. The molecule has 3 rings (SSSR count). The molecule has 1 aliphatic rings. The van der Waals surface area contributed by atoms with E-state index in [2.05, 4.69) is 9.88 Å². The van der Waals surface area contributed by atoms with Crippen molar-refractivity contribution >= 4 is 23.5 Å². The van der Waals surface area contributed by atoms with Crippen molar-refractivity contribution in [1.29, 1.82) is 0 Å². The number of thiazole rings is 1. The summed E-state index contributed by atoms with van der Waals surface area (Å²) in [5.74, 6) is -3.27. The molecule has 2 N–H and O–H groups in total. The van der Waals surface area contributed by atoms with E-state index < -0.39 is 17.0 Å². The summed E-state index contributed by atoms with van der Waals surface area (Å²) in [7, 11) is 0. The van der Waals surface area contributed by atoms with E-state index in [1.165, 1.54) is 0 Å². The fraction of sp³-hybridized carbons (Fsp3) is 0.421. The van der Waals surface area contributed by atoms with Crippen molar-refractivity contribution in [3.63, 3.8) is 0 Å². The number of benzene rings is 1. The van der Waals surface area contributed by atoms with Crippen LogP contribution in [0, 0.1) is 0 Å². The zero-order valence-electron chi connectivity index (χ0n) is 15.4. The first-order valence-corrected chi connectivity index (χ1v) is 9.76. The highest BCUT2D eigenvalue weighted by Gasteiger charge is 2.56. The van der Waals surface area contributed by atoms with Crippen molar-refractivity contribution in [2.24, 2.45) is 0 Å². The second-order valence-corrected chi connectivity index (χ2v) is 7.51. The summed E-state index contributed by atoms with van der Waals surface area (Å²) in [5.41, 5.74) is 0.791. The van der Waals surface area contributed by atoms with Crippen molar-refractivity contribution in [3.8, 4) is 5.75 Å². The minimum Gasteiger partial charge on any atom is -0.492 e. The summed E-state index contributed by atoms with van der Waals surface area (Å²) in [6.07, 6.45) is -0.818. The Morgan fingerprint density at radius 1 is 1.21 bits per heavy atom. The Labute approximate surface area is 169 Å². The van der Waals surface area contributed by atoms with Crippen molar-refractivity contribution in [1.82, 2.24) is 9.88 Å². The van der Waals surface area contributed by atoms with Gasteiger partial charge in [0.05, 0.1) is 13.2 Å². The van der Waals surface area contributed by atoms with Gasteiger partial charge in [0.25, 0.3) is 0 Å². The number of aromatic nitrogens is 1. The third-order valence-electron chi connectivity index (χ3n) is 4.30. The molecular weight excluding hydrogens is 409 g/mol. The Morgan fingerprint density at radius 3 is 2.69 bits per heavy atom. The standard InChI is InChI=1S/C19H21F3N2O4S/c20-19(21,22)18(25,26)17-23-13-16(29-17)5-4-14-2-1-3-15(12-14)28-11-8-24-6-9-27-10-7-24/h1-5,12-13,25-26H,6-11H2/b5-4+. The first-order valence-electron chi connectivity index (χ1n) is 8.94. The highest BCUT2D eigenvalue weighted by Crippen LogP contribution is 2.38. The lowest BCUT2D eigenvalue weighted by molar-refractivity contribution is -0.358. The first kappa shape index (κ1) is 21.7. The average Bonchev–Trinajstić information content (AvgIpc) is 3.17. The minimum absolute atomic E-state index is 0.357. The molecule has 1 fully saturated rings. The van der Waals surface area contributed by atoms with E-state index in [0.717, 1.165) is 44.6 Å². The number of hydrogen-bond acceptors (Lipinski definition) is 7. The lowest BCUT2D eigenvalue weighted by Gasteiger charge is -2.26. The molecule has 29 heavy (non-hydrogen) atoms. The second-order valence-electron chi connectivity index (χ2n) is 6.45. The van der Waals surface area contributed by atoms with E-state index in [9.17, 15) is 23.4 Å². The lowest BCUT2D eigenvalue weighted by atomic mass is 10.2.